The van der Waals surface area contributed by atoms with E-state index in [2.05, 4.69) is 9.97 Å². The molecule has 6 heteroatoms. The number of aromatic nitrogens is 3. The summed E-state index contributed by atoms with van der Waals surface area (Å²) in [6.45, 7) is 3.91. The molecular formula is C22H24N4OS. The molecule has 0 radical (unpaired) electrons. The van der Waals surface area contributed by atoms with Gasteiger partial charge in [-0.1, -0.05) is 25.3 Å². The molecule has 5 nitrogen and oxygen atoms in total. The van der Waals surface area contributed by atoms with Crippen molar-refractivity contribution in [3.63, 3.8) is 0 Å². The van der Waals surface area contributed by atoms with E-state index in [-0.39, 0.29) is 5.91 Å². The first kappa shape index (κ1) is 18.7. The number of pyridine rings is 2. The van der Waals surface area contributed by atoms with E-state index < -0.39 is 0 Å². The minimum absolute atomic E-state index is 0.0771. The molecule has 0 bridgehead atoms. The van der Waals surface area contributed by atoms with Crippen LogP contribution in [0.2, 0.25) is 0 Å². The van der Waals surface area contributed by atoms with Crippen molar-refractivity contribution in [3.8, 4) is 10.7 Å². The summed E-state index contributed by atoms with van der Waals surface area (Å²) in [4.78, 5) is 27.8. The van der Waals surface area contributed by atoms with Gasteiger partial charge in [0.05, 0.1) is 17.4 Å². The third kappa shape index (κ3) is 3.97. The first-order valence-electron chi connectivity index (χ1n) is 9.78. The molecule has 0 N–H and O–H groups in total. The predicted molar refractivity (Wildman–Crippen MR) is 111 cm³/mol. The maximum absolute atomic E-state index is 13.3. The molecule has 28 heavy (non-hydrogen) atoms. The fourth-order valence-corrected chi connectivity index (χ4v) is 4.54. The molecular weight excluding hydrogens is 368 g/mol. The second kappa shape index (κ2) is 8.19. The van der Waals surface area contributed by atoms with E-state index >= 15 is 0 Å². The molecule has 1 fully saturated rings. The quantitative estimate of drug-likeness (QED) is 0.657. The van der Waals surface area contributed by atoms with Crippen LogP contribution in [0.4, 0.5) is 0 Å². The summed E-state index contributed by atoms with van der Waals surface area (Å²) in [6.07, 6.45) is 9.50. The van der Waals surface area contributed by atoms with Gasteiger partial charge in [0.15, 0.2) is 0 Å². The van der Waals surface area contributed by atoms with Crippen molar-refractivity contribution in [2.75, 3.05) is 0 Å². The number of carbonyl (C=O) groups is 1. The molecule has 144 valence electrons. The van der Waals surface area contributed by atoms with Crippen LogP contribution in [0.3, 0.4) is 0 Å². The van der Waals surface area contributed by atoms with Gasteiger partial charge in [0.1, 0.15) is 15.4 Å². The molecule has 0 amide bonds. The van der Waals surface area contributed by atoms with E-state index in [1.807, 2.05) is 50.4 Å². The highest BCUT2D eigenvalue weighted by molar-refractivity contribution is 7.17. The fourth-order valence-electron chi connectivity index (χ4n) is 3.56. The maximum atomic E-state index is 13.3. The monoisotopic (exact) mass is 392 g/mol. The van der Waals surface area contributed by atoms with Gasteiger partial charge < -0.3 is 0 Å². The Morgan fingerprint density at radius 2 is 2.00 bits per heavy atom. The van der Waals surface area contributed by atoms with Crippen molar-refractivity contribution < 1.29 is 4.79 Å². The van der Waals surface area contributed by atoms with Crippen LogP contribution >= 0.6 is 11.3 Å². The maximum Gasteiger partial charge on any atom is 0.275 e. The number of aryl methyl sites for hydroxylation is 2. The van der Waals surface area contributed by atoms with Gasteiger partial charge in [-0.25, -0.2) is 4.98 Å². The van der Waals surface area contributed by atoms with Crippen LogP contribution in [-0.2, 0) is 0 Å². The first-order valence-corrected chi connectivity index (χ1v) is 10.6. The number of rotatable bonds is 3. The summed E-state index contributed by atoms with van der Waals surface area (Å²) >= 11 is 1.39. The van der Waals surface area contributed by atoms with Crippen molar-refractivity contribution in [3.05, 3.63) is 64.3 Å². The SMILES string of the molecule is Cc1ccn(C(=O)c2sc(-c3ccccn3)nc2C)c(=NC2CCCCC2)c1. The summed E-state index contributed by atoms with van der Waals surface area (Å²) in [5.74, 6) is -0.0771. The zero-order valence-electron chi connectivity index (χ0n) is 16.3. The molecule has 0 atom stereocenters. The van der Waals surface area contributed by atoms with Gasteiger partial charge >= 0.3 is 0 Å². The van der Waals surface area contributed by atoms with E-state index in [9.17, 15) is 4.79 Å². The average molecular weight is 393 g/mol. The van der Waals surface area contributed by atoms with E-state index in [1.165, 1.54) is 30.6 Å². The Bertz CT molecular complexity index is 1050. The van der Waals surface area contributed by atoms with E-state index in [4.69, 9.17) is 4.99 Å². The van der Waals surface area contributed by atoms with Gasteiger partial charge in [-0.15, -0.1) is 11.3 Å². The first-order chi connectivity index (χ1) is 13.6. The number of thiazole rings is 1. The lowest BCUT2D eigenvalue weighted by molar-refractivity contribution is 0.0957. The van der Waals surface area contributed by atoms with Crippen molar-refractivity contribution >= 4 is 17.2 Å². The van der Waals surface area contributed by atoms with Gasteiger partial charge in [0, 0.05) is 12.4 Å². The Morgan fingerprint density at radius 1 is 1.18 bits per heavy atom. The van der Waals surface area contributed by atoms with E-state index in [0.717, 1.165) is 40.3 Å². The van der Waals surface area contributed by atoms with Gasteiger partial charge in [-0.3, -0.25) is 19.3 Å². The third-order valence-corrected chi connectivity index (χ3v) is 6.24. The second-order valence-electron chi connectivity index (χ2n) is 7.31. The third-order valence-electron chi connectivity index (χ3n) is 5.07. The Balaban J connectivity index is 1.73. The molecule has 0 saturated heterocycles. The van der Waals surface area contributed by atoms with Crippen LogP contribution in [0.5, 0.6) is 0 Å². The largest absolute Gasteiger partial charge is 0.275 e. The summed E-state index contributed by atoms with van der Waals surface area (Å²) in [7, 11) is 0. The molecule has 0 unspecified atom stereocenters. The molecule has 1 saturated carbocycles. The summed E-state index contributed by atoms with van der Waals surface area (Å²) < 4.78 is 1.67. The van der Waals surface area contributed by atoms with Crippen molar-refractivity contribution in [2.24, 2.45) is 4.99 Å². The number of hydrogen-bond donors (Lipinski definition) is 0. The highest BCUT2D eigenvalue weighted by atomic mass is 32.1. The zero-order chi connectivity index (χ0) is 19.5. The second-order valence-corrected chi connectivity index (χ2v) is 8.31. The van der Waals surface area contributed by atoms with E-state index in [1.54, 1.807) is 10.8 Å². The van der Waals surface area contributed by atoms with Crippen molar-refractivity contribution in [1.82, 2.24) is 14.5 Å². The molecule has 0 spiro atoms. The lowest BCUT2D eigenvalue weighted by Crippen LogP contribution is -2.29. The lowest BCUT2D eigenvalue weighted by atomic mass is 9.96. The van der Waals surface area contributed by atoms with Crippen LogP contribution in [-0.4, -0.2) is 26.5 Å². The van der Waals surface area contributed by atoms with Crippen molar-refractivity contribution in [2.45, 2.75) is 52.0 Å². The lowest BCUT2D eigenvalue weighted by Gasteiger charge is -2.18. The molecule has 3 aromatic heterocycles. The van der Waals surface area contributed by atoms with Gasteiger partial charge in [0.25, 0.3) is 5.91 Å². The highest BCUT2D eigenvalue weighted by Crippen LogP contribution is 2.27. The summed E-state index contributed by atoms with van der Waals surface area (Å²) in [6, 6.07) is 9.97. The standard InChI is InChI=1S/C22H24N4OS/c1-15-11-13-26(19(14-15)25-17-8-4-3-5-9-17)22(27)20-16(2)24-21(28-20)18-10-6-7-12-23-18/h6-7,10-14,17H,3-5,8-9H2,1-2H3. The highest BCUT2D eigenvalue weighted by Gasteiger charge is 2.19. The number of carbonyl (C=O) groups excluding carboxylic acids is 1. The number of hydrogen-bond acceptors (Lipinski definition) is 5. The van der Waals surface area contributed by atoms with Gasteiger partial charge in [0.2, 0.25) is 0 Å². The Morgan fingerprint density at radius 3 is 2.75 bits per heavy atom. The Labute approximate surface area is 168 Å². The van der Waals surface area contributed by atoms with Crippen molar-refractivity contribution in [1.29, 1.82) is 0 Å². The minimum atomic E-state index is -0.0771. The molecule has 3 aromatic rings. The van der Waals surface area contributed by atoms with Crippen LogP contribution < -0.4 is 5.49 Å². The van der Waals surface area contributed by atoms with Gasteiger partial charge in [-0.05, 0) is 56.5 Å². The average Bonchev–Trinajstić information content (AvgIpc) is 3.11. The van der Waals surface area contributed by atoms with Crippen LogP contribution in [0, 0.1) is 13.8 Å². The topological polar surface area (TPSA) is 60.1 Å². The van der Waals surface area contributed by atoms with Crippen LogP contribution in [0.15, 0.2) is 47.7 Å². The fraction of sp³-hybridized carbons (Fsp3) is 0.364. The molecule has 4 rings (SSSR count). The molecule has 0 aliphatic heterocycles. The minimum Gasteiger partial charge on any atom is -0.267 e. The van der Waals surface area contributed by atoms with Crippen LogP contribution in [0.1, 0.15) is 53.0 Å². The summed E-state index contributed by atoms with van der Waals surface area (Å²) in [5, 5.41) is 0.764. The molecule has 0 aromatic carbocycles. The van der Waals surface area contributed by atoms with E-state index in [0.29, 0.717) is 10.9 Å². The number of nitrogens with zero attached hydrogens (tertiary/aromatic N) is 4. The van der Waals surface area contributed by atoms with Gasteiger partial charge in [-0.2, -0.15) is 0 Å². The summed E-state index contributed by atoms with van der Waals surface area (Å²) in [5.41, 5.74) is 3.36. The molecule has 1 aliphatic rings. The molecule has 3 heterocycles. The Hall–Kier alpha value is -2.60. The van der Waals surface area contributed by atoms with Crippen LogP contribution in [0.25, 0.3) is 10.7 Å². The smallest absolute Gasteiger partial charge is 0.267 e. The predicted octanol–water partition coefficient (Wildman–Crippen LogP) is 4.55. The molecule has 1 aliphatic carbocycles. The zero-order valence-corrected chi connectivity index (χ0v) is 17.1. The normalized spacial score (nSPS) is 15.7. The Kier molecular flexibility index (Phi) is 5.48.